The average molecular weight is 276 g/mol. The van der Waals surface area contributed by atoms with Crippen molar-refractivity contribution in [2.75, 3.05) is 0 Å². The van der Waals surface area contributed by atoms with Crippen LogP contribution in [0.4, 0.5) is 0 Å². The van der Waals surface area contributed by atoms with Crippen molar-refractivity contribution in [2.24, 2.45) is 5.73 Å². The number of nitrogens with two attached hydrogens (primary N) is 1. The quantitative estimate of drug-likeness (QED) is 0.760. The van der Waals surface area contributed by atoms with Crippen LogP contribution in [0.15, 0.2) is 30.3 Å². The first kappa shape index (κ1) is 15.0. The Balaban J connectivity index is 1.72. The topological polar surface area (TPSA) is 75.4 Å². The van der Waals surface area contributed by atoms with Gasteiger partial charge in [-0.15, -0.1) is 0 Å². The first-order valence-electron chi connectivity index (χ1n) is 7.43. The minimum Gasteiger partial charge on any atom is -0.393 e. The average Bonchev–Trinajstić information content (AvgIpc) is 2.48. The summed E-state index contributed by atoms with van der Waals surface area (Å²) in [7, 11) is 0. The molecule has 1 atom stereocenters. The molecule has 0 radical (unpaired) electrons. The lowest BCUT2D eigenvalue weighted by Gasteiger charge is -2.27. The van der Waals surface area contributed by atoms with Crippen molar-refractivity contribution >= 4 is 5.91 Å². The summed E-state index contributed by atoms with van der Waals surface area (Å²) in [6.07, 6.45) is 4.50. The molecular weight excluding hydrogens is 252 g/mol. The molecule has 0 heterocycles. The summed E-state index contributed by atoms with van der Waals surface area (Å²) in [6, 6.07) is 9.78. The number of nitrogens with one attached hydrogen (secondary N) is 1. The van der Waals surface area contributed by atoms with Crippen LogP contribution in [-0.2, 0) is 11.2 Å². The highest BCUT2D eigenvalue weighted by Crippen LogP contribution is 2.18. The van der Waals surface area contributed by atoms with Gasteiger partial charge in [0, 0.05) is 6.04 Å². The molecule has 0 unspecified atom stereocenters. The van der Waals surface area contributed by atoms with Crippen LogP contribution in [0.1, 0.15) is 37.7 Å². The highest BCUT2D eigenvalue weighted by atomic mass is 16.3. The van der Waals surface area contributed by atoms with Gasteiger partial charge in [-0.25, -0.2) is 0 Å². The van der Waals surface area contributed by atoms with Gasteiger partial charge in [-0.3, -0.25) is 4.79 Å². The summed E-state index contributed by atoms with van der Waals surface area (Å²) in [6.45, 7) is 0. The van der Waals surface area contributed by atoms with E-state index in [1.165, 1.54) is 5.56 Å². The third kappa shape index (κ3) is 4.62. The Hall–Kier alpha value is -1.39. The molecule has 4 N–H and O–H groups in total. The number of aliphatic hydroxyl groups excluding tert-OH is 1. The second kappa shape index (κ2) is 7.41. The SMILES string of the molecule is N[C@@H](CCc1ccccc1)C(=O)NC1CCC(O)CC1. The van der Waals surface area contributed by atoms with Crippen molar-refractivity contribution in [3.8, 4) is 0 Å². The van der Waals surface area contributed by atoms with Crippen LogP contribution in [0.3, 0.4) is 0 Å². The van der Waals surface area contributed by atoms with Crippen LogP contribution in [-0.4, -0.2) is 29.2 Å². The Morgan fingerprint density at radius 3 is 2.55 bits per heavy atom. The van der Waals surface area contributed by atoms with Gasteiger partial charge >= 0.3 is 0 Å². The lowest BCUT2D eigenvalue weighted by atomic mass is 9.93. The molecule has 110 valence electrons. The Labute approximate surface area is 120 Å². The first-order valence-corrected chi connectivity index (χ1v) is 7.43. The van der Waals surface area contributed by atoms with E-state index in [1.54, 1.807) is 0 Å². The minimum absolute atomic E-state index is 0.0673. The number of rotatable bonds is 5. The lowest BCUT2D eigenvalue weighted by molar-refractivity contribution is -0.123. The third-order valence-electron chi connectivity index (χ3n) is 3.97. The lowest BCUT2D eigenvalue weighted by Crippen LogP contribution is -2.47. The second-order valence-electron chi connectivity index (χ2n) is 5.64. The molecule has 1 fully saturated rings. The summed E-state index contributed by atoms with van der Waals surface area (Å²) in [5.74, 6) is -0.0673. The molecule has 1 aromatic carbocycles. The van der Waals surface area contributed by atoms with Gasteiger partial charge in [-0.2, -0.15) is 0 Å². The van der Waals surface area contributed by atoms with Crippen LogP contribution >= 0.6 is 0 Å². The predicted molar refractivity (Wildman–Crippen MR) is 79.1 cm³/mol. The Bertz CT molecular complexity index is 414. The van der Waals surface area contributed by atoms with E-state index in [4.69, 9.17) is 5.73 Å². The smallest absolute Gasteiger partial charge is 0.237 e. The molecule has 1 aromatic rings. The molecular formula is C16H24N2O2. The largest absolute Gasteiger partial charge is 0.393 e. The molecule has 0 bridgehead atoms. The van der Waals surface area contributed by atoms with Gasteiger partial charge in [0.05, 0.1) is 12.1 Å². The Morgan fingerprint density at radius 2 is 1.90 bits per heavy atom. The zero-order valence-electron chi connectivity index (χ0n) is 11.8. The van der Waals surface area contributed by atoms with Crippen LogP contribution in [0, 0.1) is 0 Å². The number of hydrogen-bond donors (Lipinski definition) is 3. The third-order valence-corrected chi connectivity index (χ3v) is 3.97. The van der Waals surface area contributed by atoms with E-state index < -0.39 is 6.04 Å². The Kier molecular flexibility index (Phi) is 5.56. The van der Waals surface area contributed by atoms with E-state index >= 15 is 0 Å². The number of carbonyl (C=O) groups excluding carboxylic acids is 1. The van der Waals surface area contributed by atoms with Crippen LogP contribution in [0.25, 0.3) is 0 Å². The molecule has 0 aliphatic heterocycles. The van der Waals surface area contributed by atoms with Crippen molar-refractivity contribution in [2.45, 2.75) is 56.7 Å². The maximum atomic E-state index is 12.0. The van der Waals surface area contributed by atoms with Crippen molar-refractivity contribution < 1.29 is 9.90 Å². The number of aryl methyl sites for hydroxylation is 1. The van der Waals surface area contributed by atoms with E-state index in [2.05, 4.69) is 5.32 Å². The minimum atomic E-state index is -0.456. The number of benzene rings is 1. The fourth-order valence-electron chi connectivity index (χ4n) is 2.63. The van der Waals surface area contributed by atoms with Gasteiger partial charge < -0.3 is 16.2 Å². The van der Waals surface area contributed by atoms with Crippen molar-refractivity contribution in [3.05, 3.63) is 35.9 Å². The summed E-state index contributed by atoms with van der Waals surface area (Å²) < 4.78 is 0. The monoisotopic (exact) mass is 276 g/mol. The molecule has 20 heavy (non-hydrogen) atoms. The highest BCUT2D eigenvalue weighted by Gasteiger charge is 2.22. The number of carbonyl (C=O) groups is 1. The number of aliphatic hydroxyl groups is 1. The summed E-state index contributed by atoms with van der Waals surface area (Å²) >= 11 is 0. The van der Waals surface area contributed by atoms with Gasteiger partial charge in [0.15, 0.2) is 0 Å². The van der Waals surface area contributed by atoms with Gasteiger partial charge in [0.25, 0.3) is 0 Å². The zero-order chi connectivity index (χ0) is 14.4. The highest BCUT2D eigenvalue weighted by molar-refractivity contribution is 5.81. The zero-order valence-corrected chi connectivity index (χ0v) is 11.8. The Morgan fingerprint density at radius 1 is 1.25 bits per heavy atom. The fraction of sp³-hybridized carbons (Fsp3) is 0.562. The van der Waals surface area contributed by atoms with Crippen molar-refractivity contribution in [3.63, 3.8) is 0 Å². The maximum absolute atomic E-state index is 12.0. The fourth-order valence-corrected chi connectivity index (χ4v) is 2.63. The van der Waals surface area contributed by atoms with Gasteiger partial charge in [0.1, 0.15) is 0 Å². The summed E-state index contributed by atoms with van der Waals surface area (Å²) in [5, 5.41) is 12.4. The molecule has 1 amide bonds. The molecule has 4 heteroatoms. The van der Waals surface area contributed by atoms with E-state index in [9.17, 15) is 9.90 Å². The molecule has 2 rings (SSSR count). The molecule has 1 aliphatic carbocycles. The van der Waals surface area contributed by atoms with Crippen LogP contribution in [0.5, 0.6) is 0 Å². The maximum Gasteiger partial charge on any atom is 0.237 e. The molecule has 1 saturated carbocycles. The summed E-state index contributed by atoms with van der Waals surface area (Å²) in [5.41, 5.74) is 7.15. The molecule has 4 nitrogen and oxygen atoms in total. The summed E-state index contributed by atoms with van der Waals surface area (Å²) in [4.78, 5) is 12.0. The van der Waals surface area contributed by atoms with E-state index in [0.29, 0.717) is 6.42 Å². The van der Waals surface area contributed by atoms with Gasteiger partial charge in [0.2, 0.25) is 5.91 Å². The molecule has 0 saturated heterocycles. The van der Waals surface area contributed by atoms with Gasteiger partial charge in [-0.1, -0.05) is 30.3 Å². The molecule has 0 spiro atoms. The van der Waals surface area contributed by atoms with Crippen molar-refractivity contribution in [1.29, 1.82) is 0 Å². The normalized spacial score (nSPS) is 24.1. The molecule has 1 aliphatic rings. The van der Waals surface area contributed by atoms with Crippen LogP contribution in [0.2, 0.25) is 0 Å². The standard InChI is InChI=1S/C16H24N2O2/c17-15(11-6-12-4-2-1-3-5-12)16(20)18-13-7-9-14(19)10-8-13/h1-5,13-15,19H,6-11,17H2,(H,18,20)/t13?,14?,15-/m0/s1. The second-order valence-corrected chi connectivity index (χ2v) is 5.64. The predicted octanol–water partition coefficient (Wildman–Crippen LogP) is 1.37. The van der Waals surface area contributed by atoms with E-state index in [0.717, 1.165) is 32.1 Å². The molecule has 0 aromatic heterocycles. The van der Waals surface area contributed by atoms with E-state index in [-0.39, 0.29) is 18.1 Å². The van der Waals surface area contributed by atoms with Crippen molar-refractivity contribution in [1.82, 2.24) is 5.32 Å². The van der Waals surface area contributed by atoms with E-state index in [1.807, 2.05) is 30.3 Å². The van der Waals surface area contributed by atoms with Crippen LogP contribution < -0.4 is 11.1 Å². The number of hydrogen-bond acceptors (Lipinski definition) is 3. The number of amides is 1. The van der Waals surface area contributed by atoms with Gasteiger partial charge in [-0.05, 0) is 44.1 Å². The first-order chi connectivity index (χ1) is 9.65.